The van der Waals surface area contributed by atoms with Crippen molar-refractivity contribution in [2.24, 2.45) is 0 Å². The largest absolute Gasteiger partial charge is 0.352 e. The molecule has 3 aromatic carbocycles. The van der Waals surface area contributed by atoms with E-state index >= 15 is 0 Å². The Bertz CT molecular complexity index is 1430. The van der Waals surface area contributed by atoms with Crippen LogP contribution in [0.3, 0.4) is 0 Å². The molecule has 3 rings (SSSR count). The van der Waals surface area contributed by atoms with Crippen LogP contribution in [0.15, 0.2) is 72.8 Å². The number of aryl methyl sites for hydroxylation is 1. The van der Waals surface area contributed by atoms with Crippen LogP contribution >= 0.6 is 23.2 Å². The number of nitrogens with one attached hydrogen (secondary N) is 1. The summed E-state index contributed by atoms with van der Waals surface area (Å²) in [6.07, 6.45) is 1.97. The molecule has 0 aliphatic carbocycles. The molecule has 0 fully saturated rings. The molecule has 0 saturated carbocycles. The SMILES string of the molecule is CC[C@@H](C)NC(=O)[C@@H](Cc1ccccc1)N(Cc1ccccc1Cl)C(=O)CN(c1cc(Cl)ccc1C)S(C)(=O)=O. The van der Waals surface area contributed by atoms with Crippen LogP contribution in [0, 0.1) is 6.92 Å². The van der Waals surface area contributed by atoms with E-state index in [-0.39, 0.29) is 24.9 Å². The van der Waals surface area contributed by atoms with Crippen molar-refractivity contribution < 1.29 is 18.0 Å². The number of benzene rings is 3. The quantitative estimate of drug-likeness (QED) is 0.291. The highest BCUT2D eigenvalue weighted by atomic mass is 35.5. The van der Waals surface area contributed by atoms with E-state index in [1.165, 1.54) is 11.0 Å². The van der Waals surface area contributed by atoms with E-state index in [2.05, 4.69) is 5.32 Å². The van der Waals surface area contributed by atoms with Crippen LogP contribution in [0.1, 0.15) is 37.0 Å². The van der Waals surface area contributed by atoms with Gasteiger partial charge in [0.1, 0.15) is 12.6 Å². The molecule has 0 aliphatic heterocycles. The van der Waals surface area contributed by atoms with Crippen molar-refractivity contribution in [1.29, 1.82) is 0 Å². The molecule has 0 spiro atoms. The minimum absolute atomic E-state index is 0.00998. The average Bonchev–Trinajstić information content (AvgIpc) is 2.91. The molecule has 40 heavy (non-hydrogen) atoms. The van der Waals surface area contributed by atoms with Crippen LogP contribution in [0.5, 0.6) is 0 Å². The van der Waals surface area contributed by atoms with E-state index < -0.39 is 28.5 Å². The molecule has 0 bridgehead atoms. The number of carbonyl (C=O) groups excluding carboxylic acids is 2. The molecular formula is C30H35Cl2N3O4S. The summed E-state index contributed by atoms with van der Waals surface area (Å²) >= 11 is 12.7. The molecule has 1 N–H and O–H groups in total. The van der Waals surface area contributed by atoms with Crippen LogP contribution in [-0.2, 0) is 32.6 Å². The summed E-state index contributed by atoms with van der Waals surface area (Å²) in [6.45, 7) is 5.09. The van der Waals surface area contributed by atoms with Gasteiger partial charge in [0.2, 0.25) is 21.8 Å². The second-order valence-electron chi connectivity index (χ2n) is 9.84. The van der Waals surface area contributed by atoms with Crippen LogP contribution in [0.4, 0.5) is 5.69 Å². The Balaban J connectivity index is 2.10. The highest BCUT2D eigenvalue weighted by molar-refractivity contribution is 7.92. The number of hydrogen-bond donors (Lipinski definition) is 1. The summed E-state index contributed by atoms with van der Waals surface area (Å²) in [5, 5.41) is 3.78. The molecule has 2 atom stereocenters. The highest BCUT2D eigenvalue weighted by Crippen LogP contribution is 2.27. The Labute approximate surface area is 247 Å². The Morgan fingerprint density at radius 1 is 0.975 bits per heavy atom. The van der Waals surface area contributed by atoms with E-state index in [9.17, 15) is 18.0 Å². The maximum atomic E-state index is 14.1. The zero-order chi connectivity index (χ0) is 29.4. The molecule has 7 nitrogen and oxygen atoms in total. The minimum Gasteiger partial charge on any atom is -0.352 e. The molecule has 2 amide bonds. The van der Waals surface area contributed by atoms with E-state index in [1.807, 2.05) is 44.2 Å². The monoisotopic (exact) mass is 603 g/mol. The maximum absolute atomic E-state index is 14.1. The van der Waals surface area contributed by atoms with Gasteiger partial charge in [0.15, 0.2) is 0 Å². The number of hydrogen-bond acceptors (Lipinski definition) is 4. The lowest BCUT2D eigenvalue weighted by Gasteiger charge is -2.34. The molecular weight excluding hydrogens is 569 g/mol. The lowest BCUT2D eigenvalue weighted by Crippen LogP contribution is -2.54. The lowest BCUT2D eigenvalue weighted by molar-refractivity contribution is -0.140. The van der Waals surface area contributed by atoms with Crippen molar-refractivity contribution in [3.8, 4) is 0 Å². The molecule has 0 unspecified atom stereocenters. The Kier molecular flexibility index (Phi) is 11.0. The van der Waals surface area contributed by atoms with Crippen LogP contribution in [-0.4, -0.2) is 50.0 Å². The first-order valence-corrected chi connectivity index (χ1v) is 15.6. The number of amides is 2. The number of carbonyl (C=O) groups is 2. The molecule has 0 saturated heterocycles. The predicted octanol–water partition coefficient (Wildman–Crippen LogP) is 5.62. The van der Waals surface area contributed by atoms with Crippen molar-refractivity contribution in [3.63, 3.8) is 0 Å². The van der Waals surface area contributed by atoms with Crippen molar-refractivity contribution >= 4 is 50.7 Å². The van der Waals surface area contributed by atoms with Crippen LogP contribution in [0.2, 0.25) is 10.0 Å². The van der Waals surface area contributed by atoms with Crippen molar-refractivity contribution in [2.75, 3.05) is 17.1 Å². The first kappa shape index (κ1) is 31.5. The zero-order valence-corrected chi connectivity index (χ0v) is 25.4. The third kappa shape index (κ3) is 8.46. The van der Waals surface area contributed by atoms with Gasteiger partial charge in [0.05, 0.1) is 11.9 Å². The van der Waals surface area contributed by atoms with Crippen molar-refractivity contribution in [2.45, 2.75) is 52.2 Å². The summed E-state index contributed by atoms with van der Waals surface area (Å²) in [7, 11) is -3.89. The van der Waals surface area contributed by atoms with Gasteiger partial charge in [-0.15, -0.1) is 0 Å². The van der Waals surface area contributed by atoms with Gasteiger partial charge in [-0.05, 0) is 55.2 Å². The van der Waals surface area contributed by atoms with E-state index in [4.69, 9.17) is 23.2 Å². The first-order valence-electron chi connectivity index (χ1n) is 13.0. The number of rotatable bonds is 12. The van der Waals surface area contributed by atoms with Crippen molar-refractivity contribution in [3.05, 3.63) is 99.5 Å². The third-order valence-corrected chi connectivity index (χ3v) is 8.42. The summed E-state index contributed by atoms with van der Waals surface area (Å²) in [6, 6.07) is 20.3. The van der Waals surface area contributed by atoms with E-state index in [0.717, 1.165) is 16.1 Å². The third-order valence-electron chi connectivity index (χ3n) is 6.69. The summed E-state index contributed by atoms with van der Waals surface area (Å²) in [4.78, 5) is 29.3. The summed E-state index contributed by atoms with van der Waals surface area (Å²) in [5.41, 5.74) is 2.42. The topological polar surface area (TPSA) is 86.8 Å². The van der Waals surface area contributed by atoms with Gasteiger partial charge < -0.3 is 10.2 Å². The molecule has 0 aliphatic rings. The molecule has 10 heteroatoms. The van der Waals surface area contributed by atoms with Crippen LogP contribution < -0.4 is 9.62 Å². The molecule has 0 aromatic heterocycles. The Hall–Kier alpha value is -3.07. The van der Waals surface area contributed by atoms with Gasteiger partial charge >= 0.3 is 0 Å². The molecule has 0 heterocycles. The second kappa shape index (κ2) is 14.0. The zero-order valence-electron chi connectivity index (χ0n) is 23.1. The van der Waals surface area contributed by atoms with E-state index in [0.29, 0.717) is 33.3 Å². The fourth-order valence-electron chi connectivity index (χ4n) is 4.25. The number of nitrogens with zero attached hydrogens (tertiary/aromatic N) is 2. The number of halogens is 2. The summed E-state index contributed by atoms with van der Waals surface area (Å²) in [5.74, 6) is -0.881. The Morgan fingerprint density at radius 3 is 2.25 bits per heavy atom. The summed E-state index contributed by atoms with van der Waals surface area (Å²) < 4.78 is 26.9. The van der Waals surface area contributed by atoms with Gasteiger partial charge in [0.25, 0.3) is 0 Å². The highest BCUT2D eigenvalue weighted by Gasteiger charge is 2.34. The number of anilines is 1. The fraction of sp³-hybridized carbons (Fsp3) is 0.333. The average molecular weight is 605 g/mol. The number of sulfonamides is 1. The van der Waals surface area contributed by atoms with Crippen LogP contribution in [0.25, 0.3) is 0 Å². The van der Waals surface area contributed by atoms with Gasteiger partial charge in [0, 0.05) is 29.1 Å². The molecule has 214 valence electrons. The van der Waals surface area contributed by atoms with E-state index in [1.54, 1.807) is 43.3 Å². The first-order chi connectivity index (χ1) is 18.9. The minimum atomic E-state index is -3.89. The van der Waals surface area contributed by atoms with Gasteiger partial charge in [-0.2, -0.15) is 0 Å². The molecule has 3 aromatic rings. The fourth-order valence-corrected chi connectivity index (χ4v) is 5.51. The van der Waals surface area contributed by atoms with Gasteiger partial charge in [-0.25, -0.2) is 8.42 Å². The molecule has 0 radical (unpaired) electrons. The standard InChI is InChI=1S/C30H35Cl2N3O4S/c1-5-22(3)33-30(37)28(17-23-11-7-6-8-12-23)34(19-24-13-9-10-14-26(24)32)29(36)20-35(40(4,38)39)27-18-25(31)16-15-21(27)2/h6-16,18,22,28H,5,17,19-20H2,1-4H3,(H,33,37)/t22-,28-/m1/s1. The maximum Gasteiger partial charge on any atom is 0.244 e. The normalized spacial score (nSPS) is 12.8. The second-order valence-corrected chi connectivity index (χ2v) is 12.6. The predicted molar refractivity (Wildman–Crippen MR) is 162 cm³/mol. The lowest BCUT2D eigenvalue weighted by atomic mass is 10.0. The van der Waals surface area contributed by atoms with Gasteiger partial charge in [-0.3, -0.25) is 13.9 Å². The van der Waals surface area contributed by atoms with Crippen molar-refractivity contribution in [1.82, 2.24) is 10.2 Å². The smallest absolute Gasteiger partial charge is 0.244 e. The Morgan fingerprint density at radius 2 is 1.62 bits per heavy atom. The van der Waals surface area contributed by atoms with Gasteiger partial charge in [-0.1, -0.05) is 84.7 Å².